The zero-order valence-electron chi connectivity index (χ0n) is 18.3. The number of aryl methyl sites for hydroxylation is 3. The first-order chi connectivity index (χ1) is 15.5. The Bertz CT molecular complexity index is 1380. The Labute approximate surface area is 190 Å². The Morgan fingerprint density at radius 1 is 1.09 bits per heavy atom. The molecule has 0 atom stereocenters. The molecule has 4 aromatic rings. The van der Waals surface area contributed by atoms with E-state index < -0.39 is 0 Å². The third-order valence-corrected chi connectivity index (χ3v) is 6.70. The monoisotopic (exact) mass is 448 g/mol. The summed E-state index contributed by atoms with van der Waals surface area (Å²) in [4.78, 5) is 18.6. The lowest BCUT2D eigenvalue weighted by Crippen LogP contribution is -2.25. The van der Waals surface area contributed by atoms with E-state index in [9.17, 15) is 4.79 Å². The number of ether oxygens (including phenoxy) is 2. The molecular weight excluding hydrogens is 424 g/mol. The first kappa shape index (κ1) is 20.6. The molecule has 32 heavy (non-hydrogen) atoms. The van der Waals surface area contributed by atoms with E-state index in [0.29, 0.717) is 35.0 Å². The van der Waals surface area contributed by atoms with Crippen molar-refractivity contribution < 1.29 is 9.47 Å². The van der Waals surface area contributed by atoms with Crippen LogP contribution >= 0.6 is 11.8 Å². The molecule has 1 aliphatic rings. The molecule has 7 nitrogen and oxygen atoms in total. The van der Waals surface area contributed by atoms with Gasteiger partial charge < -0.3 is 9.47 Å². The summed E-state index contributed by atoms with van der Waals surface area (Å²) in [5.41, 5.74) is 5.31. The molecule has 164 valence electrons. The highest BCUT2D eigenvalue weighted by atomic mass is 32.2. The van der Waals surface area contributed by atoms with Crippen LogP contribution < -0.4 is 15.0 Å². The van der Waals surface area contributed by atoms with Gasteiger partial charge in [0.15, 0.2) is 22.2 Å². The second-order valence-electron chi connectivity index (χ2n) is 7.79. The van der Waals surface area contributed by atoms with Crippen LogP contribution in [0, 0.1) is 13.8 Å². The highest BCUT2D eigenvalue weighted by Gasteiger charge is 2.20. The van der Waals surface area contributed by atoms with E-state index >= 15 is 0 Å². The van der Waals surface area contributed by atoms with Gasteiger partial charge in [0.05, 0.1) is 12.2 Å². The molecule has 0 bridgehead atoms. The summed E-state index contributed by atoms with van der Waals surface area (Å²) >= 11 is 1.57. The minimum absolute atomic E-state index is 0.0811. The molecule has 0 radical (unpaired) electrons. The van der Waals surface area contributed by atoms with E-state index in [1.54, 1.807) is 21.0 Å². The molecule has 5 rings (SSSR count). The molecule has 1 aliphatic heterocycles. The standard InChI is InChI=1S/C24H24N4O3S/c1-4-28-22-21(16(3)26-28)25-24(32-13-18-8-6-5-7-15(18)2)27(23(22)29)12-17-9-10-19-20(11-17)31-14-30-19/h5-11H,4,12-14H2,1-3H3. The smallest absolute Gasteiger partial charge is 0.280 e. The van der Waals surface area contributed by atoms with Crippen LogP contribution in [0.1, 0.15) is 29.3 Å². The van der Waals surface area contributed by atoms with E-state index in [0.717, 1.165) is 22.8 Å². The van der Waals surface area contributed by atoms with Crippen LogP contribution in [0.15, 0.2) is 52.4 Å². The van der Waals surface area contributed by atoms with Crippen molar-refractivity contribution in [3.8, 4) is 11.5 Å². The van der Waals surface area contributed by atoms with Gasteiger partial charge in [0.1, 0.15) is 5.52 Å². The van der Waals surface area contributed by atoms with Crippen LogP contribution in [0.4, 0.5) is 0 Å². The summed E-state index contributed by atoms with van der Waals surface area (Å²) in [5.74, 6) is 2.16. The zero-order chi connectivity index (χ0) is 22.2. The maximum atomic E-state index is 13.7. The molecule has 0 N–H and O–H groups in total. The molecule has 2 aromatic carbocycles. The minimum atomic E-state index is -0.0811. The van der Waals surface area contributed by atoms with Crippen LogP contribution in [-0.4, -0.2) is 26.1 Å². The fourth-order valence-electron chi connectivity index (χ4n) is 3.90. The van der Waals surface area contributed by atoms with Gasteiger partial charge in [-0.05, 0) is 49.6 Å². The Balaban J connectivity index is 1.59. The molecule has 0 spiro atoms. The van der Waals surface area contributed by atoms with Gasteiger partial charge in [0.2, 0.25) is 6.79 Å². The number of aromatic nitrogens is 4. The van der Waals surface area contributed by atoms with Crippen molar-refractivity contribution in [3.05, 3.63) is 75.2 Å². The van der Waals surface area contributed by atoms with E-state index in [2.05, 4.69) is 24.2 Å². The lowest BCUT2D eigenvalue weighted by atomic mass is 10.1. The van der Waals surface area contributed by atoms with Crippen LogP contribution in [0.3, 0.4) is 0 Å². The minimum Gasteiger partial charge on any atom is -0.454 e. The van der Waals surface area contributed by atoms with E-state index in [1.807, 2.05) is 44.2 Å². The summed E-state index contributed by atoms with van der Waals surface area (Å²) in [6.07, 6.45) is 0. The van der Waals surface area contributed by atoms with Gasteiger partial charge >= 0.3 is 0 Å². The van der Waals surface area contributed by atoms with Gasteiger partial charge in [-0.25, -0.2) is 4.98 Å². The normalized spacial score (nSPS) is 12.6. The third-order valence-electron chi connectivity index (χ3n) is 5.68. The predicted molar refractivity (Wildman–Crippen MR) is 125 cm³/mol. The van der Waals surface area contributed by atoms with E-state index in [-0.39, 0.29) is 12.4 Å². The van der Waals surface area contributed by atoms with Crippen molar-refractivity contribution in [2.45, 2.75) is 44.8 Å². The number of hydrogen-bond acceptors (Lipinski definition) is 6. The fourth-order valence-corrected chi connectivity index (χ4v) is 4.97. The number of benzene rings is 2. The quantitative estimate of drug-likeness (QED) is 0.324. The average Bonchev–Trinajstić information content (AvgIpc) is 3.39. The summed E-state index contributed by atoms with van der Waals surface area (Å²) < 4.78 is 14.4. The lowest BCUT2D eigenvalue weighted by molar-refractivity contribution is 0.174. The first-order valence-electron chi connectivity index (χ1n) is 10.6. The van der Waals surface area contributed by atoms with Crippen molar-refractivity contribution >= 4 is 22.8 Å². The van der Waals surface area contributed by atoms with Crippen molar-refractivity contribution in [1.82, 2.24) is 19.3 Å². The second kappa shape index (κ2) is 8.35. The van der Waals surface area contributed by atoms with Gasteiger partial charge in [-0.2, -0.15) is 5.10 Å². The first-order valence-corrected chi connectivity index (χ1v) is 11.6. The Morgan fingerprint density at radius 3 is 2.72 bits per heavy atom. The molecule has 2 aromatic heterocycles. The number of hydrogen-bond donors (Lipinski definition) is 0. The zero-order valence-corrected chi connectivity index (χ0v) is 19.1. The van der Waals surface area contributed by atoms with Crippen molar-refractivity contribution in [2.24, 2.45) is 0 Å². The number of fused-ring (bicyclic) bond motifs is 2. The summed E-state index contributed by atoms with van der Waals surface area (Å²) in [5, 5.41) is 5.22. The molecule has 0 saturated heterocycles. The fraction of sp³-hybridized carbons (Fsp3) is 0.292. The molecule has 0 amide bonds. The molecule has 0 saturated carbocycles. The summed E-state index contributed by atoms with van der Waals surface area (Å²) in [6, 6.07) is 14.1. The van der Waals surface area contributed by atoms with Crippen molar-refractivity contribution in [2.75, 3.05) is 6.79 Å². The lowest BCUT2D eigenvalue weighted by Gasteiger charge is -2.14. The number of rotatable bonds is 6. The third kappa shape index (κ3) is 3.64. The maximum Gasteiger partial charge on any atom is 0.280 e. The molecule has 0 unspecified atom stereocenters. The van der Waals surface area contributed by atoms with Crippen LogP contribution in [0.2, 0.25) is 0 Å². The van der Waals surface area contributed by atoms with Gasteiger partial charge in [-0.15, -0.1) is 0 Å². The van der Waals surface area contributed by atoms with Gasteiger partial charge in [-0.3, -0.25) is 14.0 Å². The van der Waals surface area contributed by atoms with E-state index in [1.165, 1.54) is 11.1 Å². The average molecular weight is 449 g/mol. The summed E-state index contributed by atoms with van der Waals surface area (Å²) in [7, 11) is 0. The SMILES string of the molecule is CCn1nc(C)c2nc(SCc3ccccc3C)n(Cc3ccc4c(c3)OCO4)c(=O)c21. The van der Waals surface area contributed by atoms with Crippen LogP contribution in [0.25, 0.3) is 11.0 Å². The van der Waals surface area contributed by atoms with Gasteiger partial charge in [0, 0.05) is 12.3 Å². The highest BCUT2D eigenvalue weighted by Crippen LogP contribution is 2.33. The molecule has 8 heteroatoms. The van der Waals surface area contributed by atoms with Gasteiger partial charge in [-0.1, -0.05) is 42.1 Å². The Hall–Kier alpha value is -3.26. The number of thioether (sulfide) groups is 1. The summed E-state index contributed by atoms with van der Waals surface area (Å²) in [6.45, 7) is 7.21. The van der Waals surface area contributed by atoms with Crippen molar-refractivity contribution in [1.29, 1.82) is 0 Å². The Morgan fingerprint density at radius 2 is 1.91 bits per heavy atom. The van der Waals surface area contributed by atoms with Crippen LogP contribution in [-0.2, 0) is 18.8 Å². The predicted octanol–water partition coefficient (Wildman–Crippen LogP) is 4.30. The van der Waals surface area contributed by atoms with Crippen LogP contribution in [0.5, 0.6) is 11.5 Å². The van der Waals surface area contributed by atoms with E-state index in [4.69, 9.17) is 14.5 Å². The molecule has 0 fully saturated rings. The second-order valence-corrected chi connectivity index (χ2v) is 8.73. The topological polar surface area (TPSA) is 71.2 Å². The van der Waals surface area contributed by atoms with Crippen molar-refractivity contribution in [3.63, 3.8) is 0 Å². The molecule has 0 aliphatic carbocycles. The Kier molecular flexibility index (Phi) is 5.38. The number of nitrogens with zero attached hydrogens (tertiary/aromatic N) is 4. The largest absolute Gasteiger partial charge is 0.454 e. The highest BCUT2D eigenvalue weighted by molar-refractivity contribution is 7.98. The van der Waals surface area contributed by atoms with Gasteiger partial charge in [0.25, 0.3) is 5.56 Å². The maximum absolute atomic E-state index is 13.7. The molecular formula is C24H24N4O3S. The molecule has 3 heterocycles.